The Morgan fingerprint density at radius 2 is 2.21 bits per heavy atom. The highest BCUT2D eigenvalue weighted by Crippen LogP contribution is 2.11. The summed E-state index contributed by atoms with van der Waals surface area (Å²) in [5.74, 6) is -2.45. The molecule has 1 amide bonds. The summed E-state index contributed by atoms with van der Waals surface area (Å²) in [5.41, 5.74) is -0.144. The standard InChI is InChI=1S/C9H8F2N2O/c1-2-3-8(14)12-6-4-5-7(10)13-9(6)11/h2-5H,1H3,(H,12,14)/b3-2+. The first-order valence-corrected chi connectivity index (χ1v) is 3.89. The number of rotatable bonds is 2. The van der Waals surface area contributed by atoms with Crippen LogP contribution in [-0.2, 0) is 4.79 Å². The predicted octanol–water partition coefficient (Wildman–Crippen LogP) is 1.87. The van der Waals surface area contributed by atoms with Gasteiger partial charge in [0.05, 0.1) is 5.69 Å². The maximum Gasteiger partial charge on any atom is 0.248 e. The van der Waals surface area contributed by atoms with E-state index in [4.69, 9.17) is 0 Å². The lowest BCUT2D eigenvalue weighted by Crippen LogP contribution is -2.10. The number of nitrogens with one attached hydrogen (secondary N) is 1. The number of amides is 1. The van der Waals surface area contributed by atoms with Gasteiger partial charge in [-0.2, -0.15) is 13.8 Å². The molecule has 1 aromatic heterocycles. The van der Waals surface area contributed by atoms with Gasteiger partial charge in [-0.15, -0.1) is 0 Å². The lowest BCUT2D eigenvalue weighted by molar-refractivity contribution is -0.111. The van der Waals surface area contributed by atoms with Gasteiger partial charge in [0.25, 0.3) is 0 Å². The fourth-order valence-corrected chi connectivity index (χ4v) is 0.831. The number of carbonyl (C=O) groups excluding carboxylic acids is 1. The molecular weight excluding hydrogens is 190 g/mol. The van der Waals surface area contributed by atoms with Gasteiger partial charge < -0.3 is 5.32 Å². The van der Waals surface area contributed by atoms with Crippen molar-refractivity contribution in [3.63, 3.8) is 0 Å². The summed E-state index contributed by atoms with van der Waals surface area (Å²) < 4.78 is 25.2. The molecule has 0 bridgehead atoms. The normalized spacial score (nSPS) is 10.5. The highest BCUT2D eigenvalue weighted by atomic mass is 19.1. The summed E-state index contributed by atoms with van der Waals surface area (Å²) in [6.07, 6.45) is 2.73. The molecule has 74 valence electrons. The van der Waals surface area contributed by atoms with Gasteiger partial charge in [0.1, 0.15) is 0 Å². The average Bonchev–Trinajstić information content (AvgIpc) is 2.10. The summed E-state index contributed by atoms with van der Waals surface area (Å²) >= 11 is 0. The first-order chi connectivity index (χ1) is 6.63. The predicted molar refractivity (Wildman–Crippen MR) is 47.6 cm³/mol. The highest BCUT2D eigenvalue weighted by Gasteiger charge is 2.06. The van der Waals surface area contributed by atoms with E-state index in [0.717, 1.165) is 12.1 Å². The number of halogens is 2. The van der Waals surface area contributed by atoms with Gasteiger partial charge in [0.15, 0.2) is 0 Å². The second-order valence-corrected chi connectivity index (χ2v) is 2.46. The van der Waals surface area contributed by atoms with Gasteiger partial charge in [0, 0.05) is 0 Å². The van der Waals surface area contributed by atoms with E-state index < -0.39 is 17.8 Å². The van der Waals surface area contributed by atoms with E-state index in [1.165, 1.54) is 12.2 Å². The van der Waals surface area contributed by atoms with Crippen molar-refractivity contribution < 1.29 is 13.6 Å². The summed E-state index contributed by atoms with van der Waals surface area (Å²) in [7, 11) is 0. The lowest BCUT2D eigenvalue weighted by Gasteiger charge is -2.01. The Morgan fingerprint density at radius 1 is 1.50 bits per heavy atom. The fourth-order valence-electron chi connectivity index (χ4n) is 0.831. The molecule has 0 fully saturated rings. The fraction of sp³-hybridized carbons (Fsp3) is 0.111. The van der Waals surface area contributed by atoms with E-state index in [1.54, 1.807) is 6.92 Å². The second kappa shape index (κ2) is 4.45. The zero-order valence-electron chi connectivity index (χ0n) is 7.42. The molecule has 1 rings (SSSR count). The van der Waals surface area contributed by atoms with Crippen LogP contribution in [0.25, 0.3) is 0 Å². The topological polar surface area (TPSA) is 42.0 Å². The minimum Gasteiger partial charge on any atom is -0.319 e. The van der Waals surface area contributed by atoms with Crippen LogP contribution in [0.4, 0.5) is 14.5 Å². The third-order valence-corrected chi connectivity index (χ3v) is 1.39. The van der Waals surface area contributed by atoms with Crippen LogP contribution in [0.2, 0.25) is 0 Å². The van der Waals surface area contributed by atoms with E-state index in [0.29, 0.717) is 0 Å². The summed E-state index contributed by atoms with van der Waals surface area (Å²) in [6, 6.07) is 2.08. The molecule has 0 aliphatic rings. The molecule has 1 N–H and O–H groups in total. The molecule has 3 nitrogen and oxygen atoms in total. The molecule has 0 atom stereocenters. The number of hydrogen-bond acceptors (Lipinski definition) is 2. The average molecular weight is 198 g/mol. The van der Waals surface area contributed by atoms with Gasteiger partial charge in [-0.25, -0.2) is 0 Å². The molecule has 0 aliphatic heterocycles. The SMILES string of the molecule is C/C=C/C(=O)Nc1ccc(F)nc1F. The number of anilines is 1. The summed E-state index contributed by atoms with van der Waals surface area (Å²) in [4.78, 5) is 13.9. The van der Waals surface area contributed by atoms with Gasteiger partial charge in [-0.1, -0.05) is 6.08 Å². The minimum absolute atomic E-state index is 0.144. The quantitative estimate of drug-likeness (QED) is 0.582. The Labute approximate surface area is 79.5 Å². The van der Waals surface area contributed by atoms with Gasteiger partial charge in [0.2, 0.25) is 17.8 Å². The molecule has 14 heavy (non-hydrogen) atoms. The summed E-state index contributed by atoms with van der Waals surface area (Å²) in [5, 5.41) is 2.21. The molecule has 1 heterocycles. The van der Waals surface area contributed by atoms with Crippen LogP contribution in [0.3, 0.4) is 0 Å². The van der Waals surface area contributed by atoms with Crippen molar-refractivity contribution in [2.24, 2.45) is 0 Å². The van der Waals surface area contributed by atoms with E-state index in [9.17, 15) is 13.6 Å². The van der Waals surface area contributed by atoms with Crippen molar-refractivity contribution in [2.45, 2.75) is 6.92 Å². The molecule has 1 aromatic rings. The molecule has 0 saturated heterocycles. The van der Waals surface area contributed by atoms with Crippen LogP contribution in [0.15, 0.2) is 24.3 Å². The van der Waals surface area contributed by atoms with Gasteiger partial charge in [-0.05, 0) is 25.1 Å². The highest BCUT2D eigenvalue weighted by molar-refractivity contribution is 5.99. The maximum atomic E-state index is 12.9. The Bertz CT molecular complexity index is 377. The zero-order chi connectivity index (χ0) is 10.6. The lowest BCUT2D eigenvalue weighted by atomic mass is 10.4. The van der Waals surface area contributed by atoms with Crippen LogP contribution in [0.1, 0.15) is 6.92 Å². The van der Waals surface area contributed by atoms with E-state index in [-0.39, 0.29) is 5.69 Å². The number of nitrogens with zero attached hydrogens (tertiary/aromatic N) is 1. The number of hydrogen-bond donors (Lipinski definition) is 1. The van der Waals surface area contributed by atoms with Crippen LogP contribution in [0, 0.1) is 11.9 Å². The Morgan fingerprint density at radius 3 is 2.79 bits per heavy atom. The molecular formula is C9H8F2N2O. The maximum absolute atomic E-state index is 12.9. The molecule has 0 aromatic carbocycles. The van der Waals surface area contributed by atoms with Crippen molar-refractivity contribution in [3.05, 3.63) is 36.2 Å². The number of allylic oxidation sites excluding steroid dienone is 1. The first kappa shape index (κ1) is 10.3. The van der Waals surface area contributed by atoms with E-state index >= 15 is 0 Å². The molecule has 0 saturated carbocycles. The van der Waals surface area contributed by atoms with Crippen LogP contribution in [-0.4, -0.2) is 10.9 Å². The van der Waals surface area contributed by atoms with Crippen molar-refractivity contribution in [1.82, 2.24) is 4.98 Å². The third-order valence-electron chi connectivity index (χ3n) is 1.39. The van der Waals surface area contributed by atoms with E-state index in [1.807, 2.05) is 0 Å². The van der Waals surface area contributed by atoms with Crippen LogP contribution in [0.5, 0.6) is 0 Å². The van der Waals surface area contributed by atoms with E-state index in [2.05, 4.69) is 10.3 Å². The molecule has 0 radical (unpaired) electrons. The van der Waals surface area contributed by atoms with Crippen molar-refractivity contribution in [3.8, 4) is 0 Å². The summed E-state index contributed by atoms with van der Waals surface area (Å²) in [6.45, 7) is 1.65. The van der Waals surface area contributed by atoms with Crippen molar-refractivity contribution in [1.29, 1.82) is 0 Å². The second-order valence-electron chi connectivity index (χ2n) is 2.46. The number of aromatic nitrogens is 1. The smallest absolute Gasteiger partial charge is 0.248 e. The number of pyridine rings is 1. The van der Waals surface area contributed by atoms with Crippen molar-refractivity contribution >= 4 is 11.6 Å². The van der Waals surface area contributed by atoms with Gasteiger partial charge >= 0.3 is 0 Å². The molecule has 0 aliphatic carbocycles. The molecule has 0 unspecified atom stereocenters. The monoisotopic (exact) mass is 198 g/mol. The Balaban J connectivity index is 2.82. The van der Waals surface area contributed by atoms with Crippen molar-refractivity contribution in [2.75, 3.05) is 5.32 Å². The minimum atomic E-state index is -1.04. The van der Waals surface area contributed by atoms with Crippen LogP contribution < -0.4 is 5.32 Å². The largest absolute Gasteiger partial charge is 0.319 e. The zero-order valence-corrected chi connectivity index (χ0v) is 7.42. The molecule has 5 heteroatoms. The van der Waals surface area contributed by atoms with Gasteiger partial charge in [-0.3, -0.25) is 4.79 Å². The molecule has 0 spiro atoms. The van der Waals surface area contributed by atoms with Crippen LogP contribution >= 0.6 is 0 Å². The Hall–Kier alpha value is -1.78. The first-order valence-electron chi connectivity index (χ1n) is 3.89. The Kier molecular flexibility index (Phi) is 3.28. The number of carbonyl (C=O) groups is 1. The third kappa shape index (κ3) is 2.62.